The third-order valence-corrected chi connectivity index (χ3v) is 4.42. The fourth-order valence-corrected chi connectivity index (χ4v) is 3.09. The van der Waals surface area contributed by atoms with Gasteiger partial charge >= 0.3 is 0 Å². The lowest BCUT2D eigenvalue weighted by Crippen LogP contribution is -2.34. The van der Waals surface area contributed by atoms with E-state index >= 15 is 0 Å². The van der Waals surface area contributed by atoms with Crippen LogP contribution in [-0.2, 0) is 4.74 Å². The van der Waals surface area contributed by atoms with E-state index in [0.29, 0.717) is 6.10 Å². The molecule has 0 unspecified atom stereocenters. The van der Waals surface area contributed by atoms with Gasteiger partial charge in [0.2, 0.25) is 0 Å². The van der Waals surface area contributed by atoms with Crippen LogP contribution in [0, 0.1) is 11.8 Å². The first-order chi connectivity index (χ1) is 9.58. The Labute approximate surface area is 127 Å². The highest BCUT2D eigenvalue weighted by atomic mass is 16.5. The summed E-state index contributed by atoms with van der Waals surface area (Å²) in [6.07, 6.45) is 10.2. The molecule has 1 aliphatic heterocycles. The van der Waals surface area contributed by atoms with Gasteiger partial charge in [-0.05, 0) is 58.0 Å². The molecule has 20 heavy (non-hydrogen) atoms. The molecule has 1 rings (SSSR count). The third-order valence-electron chi connectivity index (χ3n) is 4.42. The van der Waals surface area contributed by atoms with Crippen molar-refractivity contribution in [2.75, 3.05) is 26.2 Å². The van der Waals surface area contributed by atoms with Crippen LogP contribution in [-0.4, -0.2) is 37.2 Å². The van der Waals surface area contributed by atoms with Crippen molar-refractivity contribution in [2.45, 2.75) is 78.7 Å². The van der Waals surface area contributed by atoms with E-state index in [1.807, 2.05) is 0 Å². The van der Waals surface area contributed by atoms with Gasteiger partial charge in [0.1, 0.15) is 0 Å². The highest BCUT2D eigenvalue weighted by Gasteiger charge is 2.18. The van der Waals surface area contributed by atoms with Crippen molar-refractivity contribution in [1.82, 2.24) is 4.90 Å². The second-order valence-corrected chi connectivity index (χ2v) is 7.24. The molecule has 0 aromatic carbocycles. The van der Waals surface area contributed by atoms with Crippen LogP contribution in [0.15, 0.2) is 0 Å². The Morgan fingerprint density at radius 1 is 1.00 bits per heavy atom. The zero-order chi connectivity index (χ0) is 14.8. The number of likely N-dealkylation sites (tertiary alicyclic amines) is 1. The molecule has 0 atom stereocenters. The molecule has 0 saturated carbocycles. The van der Waals surface area contributed by atoms with E-state index in [0.717, 1.165) is 18.4 Å². The minimum absolute atomic E-state index is 0.381. The van der Waals surface area contributed by atoms with Crippen LogP contribution in [0.25, 0.3) is 0 Å². The molecule has 1 heterocycles. The molecular formula is C18H37NO. The van der Waals surface area contributed by atoms with Crippen LogP contribution in [0.2, 0.25) is 0 Å². The van der Waals surface area contributed by atoms with E-state index in [-0.39, 0.29) is 0 Å². The summed E-state index contributed by atoms with van der Waals surface area (Å²) in [6, 6.07) is 0. The summed E-state index contributed by atoms with van der Waals surface area (Å²) < 4.78 is 5.61. The molecule has 1 saturated heterocycles. The number of ether oxygens (including phenoxy) is 1. The molecule has 2 nitrogen and oxygen atoms in total. The van der Waals surface area contributed by atoms with E-state index in [4.69, 9.17) is 4.74 Å². The van der Waals surface area contributed by atoms with Gasteiger partial charge in [-0.1, -0.05) is 39.5 Å². The monoisotopic (exact) mass is 283 g/mol. The summed E-state index contributed by atoms with van der Waals surface area (Å²) in [6.45, 7) is 13.7. The molecule has 0 aliphatic carbocycles. The SMILES string of the molecule is CC(C)CCCCC1CCN(CCCOC(C)C)CC1. The highest BCUT2D eigenvalue weighted by Crippen LogP contribution is 2.23. The van der Waals surface area contributed by atoms with Crippen molar-refractivity contribution in [1.29, 1.82) is 0 Å². The fraction of sp³-hybridized carbons (Fsp3) is 1.00. The summed E-state index contributed by atoms with van der Waals surface area (Å²) >= 11 is 0. The number of hydrogen-bond donors (Lipinski definition) is 0. The fourth-order valence-electron chi connectivity index (χ4n) is 3.09. The van der Waals surface area contributed by atoms with Crippen molar-refractivity contribution in [3.8, 4) is 0 Å². The summed E-state index contributed by atoms with van der Waals surface area (Å²) in [5.74, 6) is 1.88. The predicted molar refractivity (Wildman–Crippen MR) is 88.2 cm³/mol. The normalized spacial score (nSPS) is 18.3. The maximum atomic E-state index is 5.61. The molecule has 0 aromatic heterocycles. The van der Waals surface area contributed by atoms with Crippen molar-refractivity contribution in [2.24, 2.45) is 11.8 Å². The van der Waals surface area contributed by atoms with E-state index in [2.05, 4.69) is 32.6 Å². The van der Waals surface area contributed by atoms with E-state index in [1.165, 1.54) is 64.6 Å². The van der Waals surface area contributed by atoms with Gasteiger partial charge in [-0.2, -0.15) is 0 Å². The van der Waals surface area contributed by atoms with E-state index in [9.17, 15) is 0 Å². The Morgan fingerprint density at radius 2 is 1.70 bits per heavy atom. The zero-order valence-electron chi connectivity index (χ0n) is 14.4. The summed E-state index contributed by atoms with van der Waals surface area (Å²) in [7, 11) is 0. The van der Waals surface area contributed by atoms with Gasteiger partial charge in [0, 0.05) is 13.2 Å². The third kappa shape index (κ3) is 8.97. The Kier molecular flexibility index (Phi) is 9.54. The Bertz CT molecular complexity index is 195. The molecular weight excluding hydrogens is 246 g/mol. The smallest absolute Gasteiger partial charge is 0.0518 e. The number of rotatable bonds is 10. The van der Waals surface area contributed by atoms with Gasteiger partial charge in [-0.25, -0.2) is 0 Å². The second-order valence-electron chi connectivity index (χ2n) is 7.24. The van der Waals surface area contributed by atoms with Crippen LogP contribution in [0.5, 0.6) is 0 Å². The minimum atomic E-state index is 0.381. The van der Waals surface area contributed by atoms with Crippen molar-refractivity contribution >= 4 is 0 Å². The first-order valence-corrected chi connectivity index (χ1v) is 8.92. The first kappa shape index (κ1) is 18.0. The second kappa shape index (κ2) is 10.6. The number of unbranched alkanes of at least 4 members (excludes halogenated alkanes) is 1. The standard InChI is InChI=1S/C18H37NO/c1-16(2)8-5-6-9-18-10-13-19(14-11-18)12-7-15-20-17(3)4/h16-18H,5-15H2,1-4H3. The van der Waals surface area contributed by atoms with Gasteiger partial charge < -0.3 is 9.64 Å². The summed E-state index contributed by atoms with van der Waals surface area (Å²) in [5, 5.41) is 0. The van der Waals surface area contributed by atoms with Gasteiger partial charge in [0.25, 0.3) is 0 Å². The van der Waals surface area contributed by atoms with E-state index < -0.39 is 0 Å². The van der Waals surface area contributed by atoms with Crippen molar-refractivity contribution in [3.63, 3.8) is 0 Å². The van der Waals surface area contributed by atoms with Gasteiger partial charge in [-0.15, -0.1) is 0 Å². The Hall–Kier alpha value is -0.0800. The molecule has 120 valence electrons. The number of hydrogen-bond acceptors (Lipinski definition) is 2. The zero-order valence-corrected chi connectivity index (χ0v) is 14.4. The topological polar surface area (TPSA) is 12.5 Å². The predicted octanol–water partition coefficient (Wildman–Crippen LogP) is 4.73. The largest absolute Gasteiger partial charge is 0.379 e. The number of nitrogens with zero attached hydrogens (tertiary/aromatic N) is 1. The Morgan fingerprint density at radius 3 is 2.30 bits per heavy atom. The molecule has 1 fully saturated rings. The van der Waals surface area contributed by atoms with Crippen LogP contribution >= 0.6 is 0 Å². The molecule has 0 bridgehead atoms. The average molecular weight is 284 g/mol. The molecule has 1 aliphatic rings. The van der Waals surface area contributed by atoms with E-state index in [1.54, 1.807) is 0 Å². The van der Waals surface area contributed by atoms with Gasteiger partial charge in [0.15, 0.2) is 0 Å². The van der Waals surface area contributed by atoms with Crippen LogP contribution < -0.4 is 0 Å². The minimum Gasteiger partial charge on any atom is -0.379 e. The molecule has 0 N–H and O–H groups in total. The van der Waals surface area contributed by atoms with Crippen molar-refractivity contribution in [3.05, 3.63) is 0 Å². The Balaban J connectivity index is 1.97. The maximum absolute atomic E-state index is 5.61. The molecule has 2 heteroatoms. The quantitative estimate of drug-likeness (QED) is 0.537. The lowest BCUT2D eigenvalue weighted by atomic mass is 9.90. The van der Waals surface area contributed by atoms with Crippen molar-refractivity contribution < 1.29 is 4.74 Å². The van der Waals surface area contributed by atoms with Crippen LogP contribution in [0.3, 0.4) is 0 Å². The maximum Gasteiger partial charge on any atom is 0.0518 e. The van der Waals surface area contributed by atoms with Gasteiger partial charge in [-0.3, -0.25) is 0 Å². The molecule has 0 aromatic rings. The average Bonchev–Trinajstić information content (AvgIpc) is 2.41. The first-order valence-electron chi connectivity index (χ1n) is 8.92. The molecule has 0 spiro atoms. The van der Waals surface area contributed by atoms with Gasteiger partial charge in [0.05, 0.1) is 6.10 Å². The summed E-state index contributed by atoms with van der Waals surface area (Å²) in [5.41, 5.74) is 0. The lowest BCUT2D eigenvalue weighted by Gasteiger charge is -2.32. The molecule has 0 amide bonds. The van der Waals surface area contributed by atoms with Crippen LogP contribution in [0.1, 0.15) is 72.6 Å². The highest BCUT2D eigenvalue weighted by molar-refractivity contribution is 4.72. The number of piperidine rings is 1. The molecule has 0 radical (unpaired) electrons. The van der Waals surface area contributed by atoms with Crippen LogP contribution in [0.4, 0.5) is 0 Å². The lowest BCUT2D eigenvalue weighted by molar-refractivity contribution is 0.0669. The summed E-state index contributed by atoms with van der Waals surface area (Å²) in [4.78, 5) is 2.63.